The largest absolute Gasteiger partial charge is 0.466 e. The fourth-order valence-electron chi connectivity index (χ4n) is 2.87. The van der Waals surface area contributed by atoms with Gasteiger partial charge in [0.2, 0.25) is 5.91 Å². The van der Waals surface area contributed by atoms with E-state index in [1.807, 2.05) is 39.8 Å². The van der Waals surface area contributed by atoms with Crippen LogP contribution in [0.4, 0.5) is 5.82 Å². The van der Waals surface area contributed by atoms with Crippen molar-refractivity contribution in [2.45, 2.75) is 46.6 Å². The van der Waals surface area contributed by atoms with Crippen LogP contribution in [0.2, 0.25) is 0 Å². The van der Waals surface area contributed by atoms with Crippen molar-refractivity contribution >= 4 is 41.7 Å². The van der Waals surface area contributed by atoms with E-state index in [4.69, 9.17) is 4.42 Å². The van der Waals surface area contributed by atoms with Crippen molar-refractivity contribution in [1.29, 1.82) is 0 Å². The Morgan fingerprint density at radius 3 is 2.57 bits per heavy atom. The predicted molar refractivity (Wildman–Crippen MR) is 129 cm³/mol. The van der Waals surface area contributed by atoms with Gasteiger partial charge in [-0.2, -0.15) is 0 Å². The number of aryl methyl sites for hydroxylation is 3. The number of guanidine groups is 1. The van der Waals surface area contributed by atoms with Gasteiger partial charge in [-0.3, -0.25) is 4.79 Å². The molecular weight excluding hydrogens is 497 g/mol. The highest BCUT2D eigenvalue weighted by Crippen LogP contribution is 2.27. The summed E-state index contributed by atoms with van der Waals surface area (Å²) in [6, 6.07) is 5.49. The number of nitrogens with one attached hydrogen (secondary N) is 3. The first-order valence-corrected chi connectivity index (χ1v) is 9.76. The molecule has 2 heterocycles. The lowest BCUT2D eigenvalue weighted by Crippen LogP contribution is -2.40. The van der Waals surface area contributed by atoms with Crippen LogP contribution in [-0.4, -0.2) is 41.6 Å². The van der Waals surface area contributed by atoms with E-state index in [1.54, 1.807) is 19.2 Å². The zero-order valence-electron chi connectivity index (χ0n) is 18.2. The number of amides is 1. The Morgan fingerprint density at radius 1 is 1.27 bits per heavy atom. The van der Waals surface area contributed by atoms with Gasteiger partial charge in [0.15, 0.2) is 5.96 Å². The minimum atomic E-state index is -1.15. The summed E-state index contributed by atoms with van der Waals surface area (Å²) in [6.45, 7) is 10.5. The molecule has 0 bridgehead atoms. The van der Waals surface area contributed by atoms with Gasteiger partial charge in [0, 0.05) is 31.3 Å². The molecule has 0 aliphatic carbocycles. The van der Waals surface area contributed by atoms with E-state index in [2.05, 4.69) is 25.9 Å². The lowest BCUT2D eigenvalue weighted by molar-refractivity contribution is -0.116. The molecule has 2 rings (SSSR count). The average Bonchev–Trinajstić information content (AvgIpc) is 3.01. The average molecular weight is 529 g/mol. The van der Waals surface area contributed by atoms with Gasteiger partial charge in [-0.25, -0.2) is 9.98 Å². The molecule has 1 amide bonds. The highest BCUT2D eigenvalue weighted by Gasteiger charge is 2.27. The Balaban J connectivity index is 0.00000450. The molecule has 9 heteroatoms. The summed E-state index contributed by atoms with van der Waals surface area (Å²) in [7, 11) is 0. The minimum Gasteiger partial charge on any atom is -0.466 e. The Bertz CT molecular complexity index is 847. The van der Waals surface area contributed by atoms with Crippen LogP contribution < -0.4 is 16.0 Å². The van der Waals surface area contributed by atoms with Gasteiger partial charge < -0.3 is 25.5 Å². The number of carbonyl (C=O) groups is 1. The van der Waals surface area contributed by atoms with Crippen molar-refractivity contribution < 1.29 is 14.3 Å². The summed E-state index contributed by atoms with van der Waals surface area (Å²) >= 11 is 0. The molecule has 4 N–H and O–H groups in total. The molecule has 0 radical (unpaired) electrons. The summed E-state index contributed by atoms with van der Waals surface area (Å²) in [5.41, 5.74) is 0.603. The van der Waals surface area contributed by atoms with Crippen LogP contribution in [0.1, 0.15) is 42.9 Å². The van der Waals surface area contributed by atoms with Crippen LogP contribution in [0.3, 0.4) is 0 Å². The first-order chi connectivity index (χ1) is 13.7. The topological polar surface area (TPSA) is 112 Å². The molecular formula is C21H32IN5O3. The van der Waals surface area contributed by atoms with E-state index >= 15 is 0 Å². The molecule has 30 heavy (non-hydrogen) atoms. The molecule has 0 fully saturated rings. The third-order valence-electron chi connectivity index (χ3n) is 4.33. The highest BCUT2D eigenvalue weighted by molar-refractivity contribution is 14.0. The molecule has 1 unspecified atom stereocenters. The van der Waals surface area contributed by atoms with Crippen LogP contribution in [0, 0.1) is 20.8 Å². The molecule has 0 spiro atoms. The van der Waals surface area contributed by atoms with E-state index in [0.717, 1.165) is 16.9 Å². The number of halogens is 1. The zero-order valence-corrected chi connectivity index (χ0v) is 20.5. The molecule has 2 aromatic rings. The van der Waals surface area contributed by atoms with Crippen molar-refractivity contribution in [2.24, 2.45) is 4.99 Å². The summed E-state index contributed by atoms with van der Waals surface area (Å²) in [5.74, 6) is 2.36. The van der Waals surface area contributed by atoms with E-state index in [0.29, 0.717) is 30.6 Å². The van der Waals surface area contributed by atoms with Crippen LogP contribution >= 0.6 is 24.0 Å². The van der Waals surface area contributed by atoms with Gasteiger partial charge in [0.05, 0.1) is 6.54 Å². The van der Waals surface area contributed by atoms with Gasteiger partial charge in [-0.05, 0) is 52.3 Å². The second-order valence-electron chi connectivity index (χ2n) is 7.24. The van der Waals surface area contributed by atoms with Crippen molar-refractivity contribution in [3.05, 3.63) is 47.0 Å². The van der Waals surface area contributed by atoms with Crippen LogP contribution in [0.25, 0.3) is 0 Å². The highest BCUT2D eigenvalue weighted by atomic mass is 127. The number of anilines is 1. The summed E-state index contributed by atoms with van der Waals surface area (Å²) in [5, 5.41) is 19.8. The quantitative estimate of drug-likeness (QED) is 0.238. The number of furan rings is 1. The second kappa shape index (κ2) is 11.9. The standard InChI is InChI=1S/C21H31N5O3.HI/c1-6-22-20(25-13-21(5,28)17-11-15(3)29-16(17)4)23-10-9-19(27)26-18-8-7-14(2)12-24-18;/h7-8,11-12,28H,6,9-10,13H2,1-5H3,(H2,22,23,25)(H,24,26,27);1H. The minimum absolute atomic E-state index is 0. The van der Waals surface area contributed by atoms with Crippen molar-refractivity contribution in [3.8, 4) is 0 Å². The first-order valence-electron chi connectivity index (χ1n) is 9.76. The summed E-state index contributed by atoms with van der Waals surface area (Å²) in [6.07, 6.45) is 1.97. The van der Waals surface area contributed by atoms with Gasteiger partial charge in [-0.15, -0.1) is 24.0 Å². The number of aliphatic imine (C=N–C) groups is 1. The third-order valence-corrected chi connectivity index (χ3v) is 4.33. The maximum atomic E-state index is 12.1. The maximum Gasteiger partial charge on any atom is 0.227 e. The molecule has 8 nitrogen and oxygen atoms in total. The summed E-state index contributed by atoms with van der Waals surface area (Å²) < 4.78 is 5.51. The lowest BCUT2D eigenvalue weighted by atomic mass is 9.96. The number of hydrogen-bond donors (Lipinski definition) is 4. The van der Waals surface area contributed by atoms with Crippen molar-refractivity contribution in [1.82, 2.24) is 15.6 Å². The number of nitrogens with zero attached hydrogens (tertiary/aromatic N) is 2. The fraction of sp³-hybridized carbons (Fsp3) is 0.476. The normalized spacial score (nSPS) is 13.2. The molecule has 0 saturated carbocycles. The van der Waals surface area contributed by atoms with Crippen LogP contribution in [0.5, 0.6) is 0 Å². The van der Waals surface area contributed by atoms with Crippen molar-refractivity contribution in [2.75, 3.05) is 25.0 Å². The Hall–Kier alpha value is -2.14. The van der Waals surface area contributed by atoms with E-state index in [9.17, 15) is 9.90 Å². The number of aromatic nitrogens is 1. The summed E-state index contributed by atoms with van der Waals surface area (Å²) in [4.78, 5) is 20.7. The number of rotatable bonds is 8. The SMILES string of the molecule is CCNC(=NCC(C)(O)c1cc(C)oc1C)NCCC(=O)Nc1ccc(C)cn1.I. The molecule has 0 aliphatic heterocycles. The molecule has 0 aliphatic rings. The van der Waals surface area contributed by atoms with E-state index in [1.165, 1.54) is 0 Å². The molecule has 0 aromatic carbocycles. The monoisotopic (exact) mass is 529 g/mol. The molecule has 0 saturated heterocycles. The lowest BCUT2D eigenvalue weighted by Gasteiger charge is -2.21. The molecule has 2 aromatic heterocycles. The number of aliphatic hydroxyl groups is 1. The van der Waals surface area contributed by atoms with E-state index < -0.39 is 5.60 Å². The Labute approximate surface area is 195 Å². The van der Waals surface area contributed by atoms with Crippen LogP contribution in [0.15, 0.2) is 33.8 Å². The van der Waals surface area contributed by atoms with Crippen molar-refractivity contribution in [3.63, 3.8) is 0 Å². The number of carbonyl (C=O) groups excluding carboxylic acids is 1. The Kier molecular flexibility index (Phi) is 10.3. The molecule has 166 valence electrons. The van der Waals surface area contributed by atoms with Gasteiger partial charge in [0.25, 0.3) is 0 Å². The van der Waals surface area contributed by atoms with Gasteiger partial charge in [0.1, 0.15) is 22.9 Å². The Morgan fingerprint density at radius 2 is 2.00 bits per heavy atom. The number of hydrogen-bond acceptors (Lipinski definition) is 5. The molecule has 1 atom stereocenters. The second-order valence-corrected chi connectivity index (χ2v) is 7.24. The van der Waals surface area contributed by atoms with E-state index in [-0.39, 0.29) is 42.8 Å². The first kappa shape index (κ1) is 25.9. The predicted octanol–water partition coefficient (Wildman–Crippen LogP) is 3.01. The number of pyridine rings is 1. The fourth-order valence-corrected chi connectivity index (χ4v) is 2.87. The van der Waals surface area contributed by atoms with Gasteiger partial charge in [-0.1, -0.05) is 6.07 Å². The van der Waals surface area contributed by atoms with Gasteiger partial charge >= 0.3 is 0 Å². The van der Waals surface area contributed by atoms with Crippen LogP contribution in [-0.2, 0) is 10.4 Å². The maximum absolute atomic E-state index is 12.1. The zero-order chi connectivity index (χ0) is 21.4. The smallest absolute Gasteiger partial charge is 0.227 e. The third kappa shape index (κ3) is 7.94.